The van der Waals surface area contributed by atoms with Crippen LogP contribution in [-0.4, -0.2) is 0 Å². The quantitative estimate of drug-likeness (QED) is 0.443. The summed E-state index contributed by atoms with van der Waals surface area (Å²) in [4.78, 5) is 0. The SMILES string of the molecule is [2H]C([2H])([2H])c1c[n+](C)c(-c2ccccc2C)cc1-c1ccc2c(c1)CCC1(CCCC1)C2. The highest BCUT2D eigenvalue weighted by Crippen LogP contribution is 2.48. The van der Waals surface area contributed by atoms with Crippen molar-refractivity contribution in [1.29, 1.82) is 0 Å². The first-order chi connectivity index (χ1) is 15.3. The Balaban J connectivity index is 1.62. The summed E-state index contributed by atoms with van der Waals surface area (Å²) in [5.74, 6) is 0. The van der Waals surface area contributed by atoms with E-state index >= 15 is 0 Å². The van der Waals surface area contributed by atoms with Crippen molar-refractivity contribution in [3.63, 3.8) is 0 Å². The molecular weight excluding hydrogens is 350 g/mol. The van der Waals surface area contributed by atoms with Gasteiger partial charge in [0.25, 0.3) is 0 Å². The van der Waals surface area contributed by atoms with Gasteiger partial charge in [0.2, 0.25) is 5.69 Å². The minimum Gasteiger partial charge on any atom is -0.201 e. The topological polar surface area (TPSA) is 3.88 Å². The second-order valence-electron chi connectivity index (χ2n) is 9.28. The molecule has 0 saturated heterocycles. The van der Waals surface area contributed by atoms with Crippen LogP contribution < -0.4 is 4.57 Å². The molecule has 0 unspecified atom stereocenters. The largest absolute Gasteiger partial charge is 0.213 e. The van der Waals surface area contributed by atoms with E-state index in [1.165, 1.54) is 55.2 Å². The van der Waals surface area contributed by atoms with Crippen LogP contribution in [0.15, 0.2) is 54.7 Å². The number of aromatic nitrogens is 1. The molecule has 5 rings (SSSR count). The molecule has 0 amide bonds. The van der Waals surface area contributed by atoms with Crippen LogP contribution in [0.3, 0.4) is 0 Å². The predicted octanol–water partition coefficient (Wildman–Crippen LogP) is 6.51. The fourth-order valence-corrected chi connectivity index (χ4v) is 5.66. The zero-order valence-electron chi connectivity index (χ0n) is 20.6. The van der Waals surface area contributed by atoms with Crippen LogP contribution in [0.25, 0.3) is 22.4 Å². The summed E-state index contributed by atoms with van der Waals surface area (Å²) in [5.41, 5.74) is 9.02. The van der Waals surface area contributed by atoms with E-state index in [0.717, 1.165) is 28.8 Å². The van der Waals surface area contributed by atoms with Gasteiger partial charge in [0.1, 0.15) is 7.05 Å². The second-order valence-corrected chi connectivity index (χ2v) is 9.28. The molecule has 1 heterocycles. The minimum atomic E-state index is -2.17. The van der Waals surface area contributed by atoms with Gasteiger partial charge >= 0.3 is 0 Å². The number of hydrogen-bond donors (Lipinski definition) is 0. The standard InChI is InChI=1S/C28H32N/c1-20-8-4-5-9-25(20)27-17-26(21(2)19-29(27)3)23-10-11-24-18-28(13-6-7-14-28)15-12-22(24)16-23/h4-5,8-11,16-17,19H,6-7,12-15,18H2,1-3H3/q+1/i2D3. The lowest BCUT2D eigenvalue weighted by Crippen LogP contribution is -2.31. The van der Waals surface area contributed by atoms with Crippen molar-refractivity contribution in [3.8, 4) is 22.4 Å². The van der Waals surface area contributed by atoms with Crippen LogP contribution in [0.1, 0.15) is 58.5 Å². The molecule has 1 spiro atoms. The first kappa shape index (κ1) is 15.4. The highest BCUT2D eigenvalue weighted by atomic mass is 14.9. The van der Waals surface area contributed by atoms with Crippen LogP contribution in [0.4, 0.5) is 0 Å². The lowest BCUT2D eigenvalue weighted by Gasteiger charge is -2.35. The van der Waals surface area contributed by atoms with E-state index in [1.54, 1.807) is 6.20 Å². The van der Waals surface area contributed by atoms with Crippen LogP contribution in [0, 0.1) is 19.2 Å². The monoisotopic (exact) mass is 385 g/mol. The van der Waals surface area contributed by atoms with E-state index in [-0.39, 0.29) is 0 Å². The van der Waals surface area contributed by atoms with Crippen LogP contribution in [0.5, 0.6) is 0 Å². The molecule has 0 bridgehead atoms. The van der Waals surface area contributed by atoms with Crippen molar-refractivity contribution in [1.82, 2.24) is 0 Å². The summed E-state index contributed by atoms with van der Waals surface area (Å²) in [5, 5.41) is 0. The smallest absolute Gasteiger partial charge is 0.201 e. The molecule has 0 N–H and O–H groups in total. The Morgan fingerprint density at radius 3 is 2.52 bits per heavy atom. The Kier molecular flexibility index (Phi) is 3.79. The molecule has 1 saturated carbocycles. The molecule has 0 radical (unpaired) electrons. The summed E-state index contributed by atoms with van der Waals surface area (Å²) >= 11 is 0. The molecule has 1 fully saturated rings. The fraction of sp³-hybridized carbons (Fsp3) is 0.393. The van der Waals surface area contributed by atoms with Gasteiger partial charge in [-0.2, -0.15) is 0 Å². The molecular formula is C28H32N+. The molecule has 3 aromatic rings. The number of rotatable bonds is 2. The molecule has 2 aromatic carbocycles. The minimum absolute atomic E-state index is 0.417. The number of hydrogen-bond acceptors (Lipinski definition) is 0. The van der Waals surface area contributed by atoms with E-state index in [2.05, 4.69) is 43.3 Å². The normalized spacial score (nSPS) is 19.4. The van der Waals surface area contributed by atoms with Gasteiger partial charge in [-0.25, -0.2) is 4.57 Å². The van der Waals surface area contributed by atoms with Gasteiger partial charge in [0.15, 0.2) is 6.20 Å². The highest BCUT2D eigenvalue weighted by Gasteiger charge is 2.36. The molecule has 1 heteroatoms. The zero-order chi connectivity index (χ0) is 22.5. The molecule has 1 nitrogen and oxygen atoms in total. The Hall–Kier alpha value is -2.41. The number of fused-ring (bicyclic) bond motifs is 1. The molecule has 0 atom stereocenters. The Morgan fingerprint density at radius 2 is 1.72 bits per heavy atom. The molecule has 2 aliphatic rings. The maximum absolute atomic E-state index is 8.19. The van der Waals surface area contributed by atoms with E-state index in [0.29, 0.717) is 11.0 Å². The maximum atomic E-state index is 8.19. The summed E-state index contributed by atoms with van der Waals surface area (Å²) in [6.45, 7) is -0.0639. The van der Waals surface area contributed by atoms with E-state index < -0.39 is 6.85 Å². The molecule has 148 valence electrons. The lowest BCUT2D eigenvalue weighted by molar-refractivity contribution is -0.660. The third-order valence-corrected chi connectivity index (χ3v) is 7.37. The van der Waals surface area contributed by atoms with Crippen LogP contribution >= 0.6 is 0 Å². The summed E-state index contributed by atoms with van der Waals surface area (Å²) in [6.07, 6.45) is 10.9. The predicted molar refractivity (Wildman–Crippen MR) is 121 cm³/mol. The third-order valence-electron chi connectivity index (χ3n) is 7.37. The summed E-state index contributed by atoms with van der Waals surface area (Å²) < 4.78 is 26.5. The maximum Gasteiger partial charge on any atom is 0.213 e. The van der Waals surface area contributed by atoms with Crippen molar-refractivity contribution < 1.29 is 8.68 Å². The summed E-state index contributed by atoms with van der Waals surface area (Å²) in [7, 11) is 1.94. The lowest BCUT2D eigenvalue weighted by atomic mass is 9.70. The number of benzene rings is 2. The zero-order valence-corrected chi connectivity index (χ0v) is 17.6. The number of pyridine rings is 1. The van der Waals surface area contributed by atoms with Gasteiger partial charge in [-0.05, 0) is 85.2 Å². The Labute approximate surface area is 179 Å². The van der Waals surface area contributed by atoms with Gasteiger partial charge < -0.3 is 0 Å². The van der Waals surface area contributed by atoms with Gasteiger partial charge in [-0.1, -0.05) is 49.2 Å². The van der Waals surface area contributed by atoms with E-state index in [1.807, 2.05) is 23.7 Å². The van der Waals surface area contributed by atoms with Crippen molar-refractivity contribution in [2.24, 2.45) is 12.5 Å². The van der Waals surface area contributed by atoms with Crippen molar-refractivity contribution >= 4 is 0 Å². The molecule has 0 aliphatic heterocycles. The van der Waals surface area contributed by atoms with Crippen molar-refractivity contribution in [3.05, 3.63) is 77.0 Å². The van der Waals surface area contributed by atoms with E-state index in [4.69, 9.17) is 4.11 Å². The average Bonchev–Trinajstić information content (AvgIpc) is 3.21. The summed E-state index contributed by atoms with van der Waals surface area (Å²) in [6, 6.07) is 17.1. The fourth-order valence-electron chi connectivity index (χ4n) is 5.66. The molecule has 1 aromatic heterocycles. The molecule has 2 aliphatic carbocycles. The van der Waals surface area contributed by atoms with Gasteiger partial charge in [-0.3, -0.25) is 0 Å². The Morgan fingerprint density at radius 1 is 0.897 bits per heavy atom. The first-order valence-electron chi connectivity index (χ1n) is 12.5. The second kappa shape index (κ2) is 7.13. The van der Waals surface area contributed by atoms with Gasteiger partial charge in [0, 0.05) is 21.3 Å². The number of aryl methyl sites for hydroxylation is 4. The first-order valence-corrected chi connectivity index (χ1v) is 11.0. The highest BCUT2D eigenvalue weighted by molar-refractivity contribution is 5.73. The van der Waals surface area contributed by atoms with Crippen LogP contribution in [-0.2, 0) is 19.9 Å². The third kappa shape index (κ3) is 3.31. The van der Waals surface area contributed by atoms with Crippen molar-refractivity contribution in [2.45, 2.75) is 58.7 Å². The number of nitrogens with zero attached hydrogens (tertiary/aromatic N) is 1. The van der Waals surface area contributed by atoms with Crippen LogP contribution in [0.2, 0.25) is 0 Å². The van der Waals surface area contributed by atoms with Gasteiger partial charge in [0.05, 0.1) is 0 Å². The Bertz CT molecular complexity index is 1170. The molecule has 29 heavy (non-hydrogen) atoms. The van der Waals surface area contributed by atoms with E-state index in [9.17, 15) is 0 Å². The van der Waals surface area contributed by atoms with Crippen molar-refractivity contribution in [2.75, 3.05) is 0 Å². The van der Waals surface area contributed by atoms with Gasteiger partial charge in [-0.15, -0.1) is 0 Å². The average molecular weight is 386 g/mol.